The molecule has 8 rings (SSSR count). The Morgan fingerprint density at radius 1 is 0.500 bits per heavy atom. The van der Waals surface area contributed by atoms with Crippen molar-refractivity contribution in [1.82, 2.24) is 9.97 Å². The molecular weight excluding hydrogens is 699 g/mol. The van der Waals surface area contributed by atoms with Crippen LogP contribution in [0.3, 0.4) is 0 Å². The predicted molar refractivity (Wildman–Crippen MR) is 203 cm³/mol. The Labute approximate surface area is 302 Å². The van der Waals surface area contributed by atoms with Gasteiger partial charge in [-0.2, -0.15) is 12.1 Å². The van der Waals surface area contributed by atoms with Gasteiger partial charge in [0, 0.05) is 23.2 Å². The third-order valence-corrected chi connectivity index (χ3v) is 7.59. The first kappa shape index (κ1) is 38.8. The standard InChI is InChI=1S/2C19H14N.2CH3.2ClH.Si.Zr/c2*1-13-10-15-7-8-16(12-17(15)11-13)18-6-2-4-14-5-3-9-20-19(14)18;;;;;;/h2*2-12H,1H3;2*1H3;2*1H;;/q4*-1;;;;. The van der Waals surface area contributed by atoms with Crippen LogP contribution in [0, 0.1) is 28.7 Å². The van der Waals surface area contributed by atoms with Crippen LogP contribution < -0.4 is 0 Å². The molecule has 0 saturated heterocycles. The number of benzene rings is 4. The number of aryl methyl sites for hydroxylation is 2. The van der Waals surface area contributed by atoms with Gasteiger partial charge in [-0.1, -0.05) is 85.6 Å². The van der Waals surface area contributed by atoms with Crippen LogP contribution in [0.15, 0.2) is 134 Å². The number of hydrogen-bond acceptors (Lipinski definition) is 2. The average Bonchev–Trinajstić information content (AvgIpc) is 3.61. The molecule has 0 fully saturated rings. The Hall–Kier alpha value is -3.40. The van der Waals surface area contributed by atoms with Crippen molar-refractivity contribution in [1.29, 1.82) is 0 Å². The minimum absolute atomic E-state index is 0. The van der Waals surface area contributed by atoms with Gasteiger partial charge in [0.05, 0.1) is 11.0 Å². The predicted octanol–water partition coefficient (Wildman–Crippen LogP) is 11.5. The van der Waals surface area contributed by atoms with Crippen molar-refractivity contribution in [2.45, 2.75) is 13.8 Å². The van der Waals surface area contributed by atoms with Crippen molar-refractivity contribution in [3.63, 3.8) is 0 Å². The van der Waals surface area contributed by atoms with Crippen LogP contribution in [-0.4, -0.2) is 16.8 Å². The first-order chi connectivity index (χ1) is 20.6. The SMILES string of the molecule is Cc1cc2ccc(-c3cccc4cccnc34)cc2[cH-]1.Cc1cc2ccc(-c3cccc4cccnc34)cc2[cH-]1.Cl.Cl.[CH3-].[CH3-].[Si]=[Zr]. The van der Waals surface area contributed by atoms with Gasteiger partial charge in [0.25, 0.3) is 0 Å². The Kier molecular flexibility index (Phi) is 14.8. The Bertz CT molecular complexity index is 2020. The number of rotatable bonds is 2. The zero-order chi connectivity index (χ0) is 29.1. The summed E-state index contributed by atoms with van der Waals surface area (Å²) >= 11 is 1.36. The normalized spacial score (nSPS) is 9.85. The topological polar surface area (TPSA) is 25.8 Å². The molecule has 8 aromatic rings. The molecular formula is C40H36Cl2N2SiZr-4. The number of aromatic nitrogens is 2. The first-order valence-electron chi connectivity index (χ1n) is 13.9. The second-order valence-electron chi connectivity index (χ2n) is 10.5. The number of hydrogen-bond donors (Lipinski definition) is 0. The van der Waals surface area contributed by atoms with E-state index in [1.807, 2.05) is 24.5 Å². The van der Waals surface area contributed by atoms with Crippen molar-refractivity contribution in [3.05, 3.63) is 160 Å². The summed E-state index contributed by atoms with van der Waals surface area (Å²) in [6.07, 6.45) is 3.72. The van der Waals surface area contributed by atoms with E-state index in [1.54, 1.807) is 0 Å². The molecule has 6 aromatic carbocycles. The number of para-hydroxylation sites is 2. The van der Waals surface area contributed by atoms with Gasteiger partial charge >= 0.3 is 30.2 Å². The Balaban J connectivity index is 0.000000281. The summed E-state index contributed by atoms with van der Waals surface area (Å²) in [4.78, 5) is 9.09. The average molecular weight is 735 g/mol. The van der Waals surface area contributed by atoms with E-state index in [1.165, 1.54) is 89.0 Å². The van der Waals surface area contributed by atoms with Crippen molar-refractivity contribution in [2.75, 3.05) is 0 Å². The molecule has 2 radical (unpaired) electrons. The molecule has 0 bridgehead atoms. The second-order valence-corrected chi connectivity index (χ2v) is 10.5. The molecule has 2 aromatic heterocycles. The molecule has 0 aliphatic carbocycles. The zero-order valence-electron chi connectivity index (χ0n) is 26.4. The van der Waals surface area contributed by atoms with Crippen molar-refractivity contribution < 1.29 is 23.3 Å². The zero-order valence-corrected chi connectivity index (χ0v) is 31.5. The molecule has 2 heterocycles. The van der Waals surface area contributed by atoms with Crippen LogP contribution in [0.25, 0.3) is 65.6 Å². The summed E-state index contributed by atoms with van der Waals surface area (Å²) in [7, 11) is 0. The summed E-state index contributed by atoms with van der Waals surface area (Å²) in [6.45, 7) is 7.34. The molecule has 232 valence electrons. The van der Waals surface area contributed by atoms with E-state index in [2.05, 4.69) is 140 Å². The quantitative estimate of drug-likeness (QED) is 0.131. The Morgan fingerprint density at radius 3 is 1.30 bits per heavy atom. The maximum atomic E-state index is 4.54. The second kappa shape index (κ2) is 17.5. The van der Waals surface area contributed by atoms with E-state index < -0.39 is 0 Å². The fourth-order valence-corrected chi connectivity index (χ4v) is 5.74. The molecule has 0 unspecified atom stereocenters. The molecule has 2 nitrogen and oxygen atoms in total. The first-order valence-corrected chi connectivity index (χ1v) is 18.1. The minimum atomic E-state index is 0. The third kappa shape index (κ3) is 8.11. The van der Waals surface area contributed by atoms with E-state index in [4.69, 9.17) is 0 Å². The maximum absolute atomic E-state index is 4.54. The van der Waals surface area contributed by atoms with Gasteiger partial charge in [0.2, 0.25) is 0 Å². The third-order valence-electron chi connectivity index (χ3n) is 7.59. The van der Waals surface area contributed by atoms with Crippen LogP contribution in [-0.2, 0) is 23.3 Å². The number of pyridine rings is 2. The monoisotopic (exact) mass is 732 g/mol. The van der Waals surface area contributed by atoms with Gasteiger partial charge in [0.15, 0.2) is 0 Å². The van der Waals surface area contributed by atoms with Crippen LogP contribution >= 0.6 is 24.8 Å². The summed E-state index contributed by atoms with van der Waals surface area (Å²) in [6, 6.07) is 43.1. The van der Waals surface area contributed by atoms with E-state index in [0.29, 0.717) is 0 Å². The van der Waals surface area contributed by atoms with E-state index in [9.17, 15) is 0 Å². The van der Waals surface area contributed by atoms with Crippen LogP contribution in [0.2, 0.25) is 0 Å². The summed E-state index contributed by atoms with van der Waals surface area (Å²) in [5, 5.41) is 7.58. The van der Waals surface area contributed by atoms with Crippen LogP contribution in [0.4, 0.5) is 0 Å². The van der Waals surface area contributed by atoms with Crippen molar-refractivity contribution in [2.24, 2.45) is 0 Å². The van der Waals surface area contributed by atoms with Crippen molar-refractivity contribution >= 4 is 75.0 Å². The van der Waals surface area contributed by atoms with Gasteiger partial charge < -0.3 is 14.9 Å². The number of fused-ring (bicyclic) bond motifs is 4. The van der Waals surface area contributed by atoms with Gasteiger partial charge in [-0.25, -0.2) is 0 Å². The van der Waals surface area contributed by atoms with E-state index in [-0.39, 0.29) is 39.7 Å². The molecule has 46 heavy (non-hydrogen) atoms. The molecule has 0 atom stereocenters. The van der Waals surface area contributed by atoms with Crippen LogP contribution in [0.1, 0.15) is 11.1 Å². The molecule has 0 saturated carbocycles. The fourth-order valence-electron chi connectivity index (χ4n) is 5.74. The summed E-state index contributed by atoms with van der Waals surface area (Å²) in [5.41, 5.74) is 9.61. The number of nitrogens with zero attached hydrogens (tertiary/aromatic N) is 2. The summed E-state index contributed by atoms with van der Waals surface area (Å²) in [5.74, 6) is 0. The fraction of sp³-hybridized carbons (Fsp3) is 0.0500. The molecule has 0 aliphatic rings. The molecule has 0 N–H and O–H groups in total. The van der Waals surface area contributed by atoms with Gasteiger partial charge in [0.1, 0.15) is 0 Å². The van der Waals surface area contributed by atoms with Crippen LogP contribution in [0.5, 0.6) is 0 Å². The molecule has 0 aliphatic heterocycles. The van der Waals surface area contributed by atoms with Crippen molar-refractivity contribution in [3.8, 4) is 22.3 Å². The van der Waals surface area contributed by atoms with E-state index in [0.717, 1.165) is 11.0 Å². The molecule has 0 amide bonds. The van der Waals surface area contributed by atoms with Gasteiger partial charge in [-0.15, -0.1) is 93.9 Å². The van der Waals surface area contributed by atoms with Gasteiger partial charge in [-0.05, 0) is 23.3 Å². The molecule has 6 heteroatoms. The van der Waals surface area contributed by atoms with E-state index >= 15 is 0 Å². The number of halogens is 2. The molecule has 0 spiro atoms. The summed E-state index contributed by atoms with van der Waals surface area (Å²) < 4.78 is 0. The Morgan fingerprint density at radius 2 is 0.891 bits per heavy atom. The van der Waals surface area contributed by atoms with Gasteiger partial charge in [-0.3, -0.25) is 9.97 Å².